The van der Waals surface area contributed by atoms with Crippen LogP contribution in [0.4, 0.5) is 26.3 Å². The minimum Gasteiger partial charge on any atom is -0.357 e. The molecule has 2 amide bonds. The van der Waals surface area contributed by atoms with E-state index in [4.69, 9.17) is 0 Å². The smallest absolute Gasteiger partial charge is 0.357 e. The Morgan fingerprint density at radius 1 is 1.03 bits per heavy atom. The monoisotopic (exact) mass is 497 g/mol. The van der Waals surface area contributed by atoms with Gasteiger partial charge in [0, 0.05) is 43.5 Å². The lowest BCUT2D eigenvalue weighted by atomic mass is 9.95. The number of nitrogens with one attached hydrogen (secondary N) is 1. The SMILES string of the molecule is CC(=O)N1Cc2[nH]c3ccccc3c2C[C@@H]1C(=O)N(C)Cc1cc(C(F)(F)F)cc(C(F)(F)F)c1. The van der Waals surface area contributed by atoms with Crippen molar-refractivity contribution in [1.82, 2.24) is 14.8 Å². The molecule has 2 heterocycles. The number of H-pyrrole nitrogens is 1. The lowest BCUT2D eigenvalue weighted by molar-refractivity contribution is -0.145. The molecule has 0 spiro atoms. The number of aromatic amines is 1. The highest BCUT2D eigenvalue weighted by Crippen LogP contribution is 2.37. The summed E-state index contributed by atoms with van der Waals surface area (Å²) < 4.78 is 79.2. The van der Waals surface area contributed by atoms with E-state index in [1.165, 1.54) is 18.9 Å². The van der Waals surface area contributed by atoms with Gasteiger partial charge in [0.15, 0.2) is 0 Å². The zero-order chi connectivity index (χ0) is 25.7. The molecule has 0 saturated carbocycles. The van der Waals surface area contributed by atoms with Crippen molar-refractivity contribution in [2.24, 2.45) is 0 Å². The molecule has 35 heavy (non-hydrogen) atoms. The van der Waals surface area contributed by atoms with E-state index in [9.17, 15) is 35.9 Å². The molecule has 1 N–H and O–H groups in total. The number of para-hydroxylation sites is 1. The quantitative estimate of drug-likeness (QED) is 0.510. The van der Waals surface area contributed by atoms with Crippen LogP contribution in [0.5, 0.6) is 0 Å². The first-order valence-electron chi connectivity index (χ1n) is 10.6. The van der Waals surface area contributed by atoms with Crippen LogP contribution >= 0.6 is 0 Å². The van der Waals surface area contributed by atoms with E-state index in [1.807, 2.05) is 24.3 Å². The van der Waals surface area contributed by atoms with Crippen LogP contribution in [0.15, 0.2) is 42.5 Å². The van der Waals surface area contributed by atoms with Crippen molar-refractivity contribution in [2.75, 3.05) is 7.05 Å². The highest BCUT2D eigenvalue weighted by molar-refractivity contribution is 5.91. The number of alkyl halides is 6. The molecule has 0 aliphatic carbocycles. The van der Waals surface area contributed by atoms with Gasteiger partial charge in [-0.3, -0.25) is 9.59 Å². The number of amides is 2. The van der Waals surface area contributed by atoms with Crippen LogP contribution in [0.3, 0.4) is 0 Å². The van der Waals surface area contributed by atoms with Crippen molar-refractivity contribution in [3.63, 3.8) is 0 Å². The van der Waals surface area contributed by atoms with Gasteiger partial charge in [0.05, 0.1) is 17.7 Å². The van der Waals surface area contributed by atoms with Crippen LogP contribution in [0.1, 0.15) is 34.9 Å². The number of carbonyl (C=O) groups excluding carboxylic acids is 2. The van der Waals surface area contributed by atoms with E-state index in [-0.39, 0.29) is 30.5 Å². The van der Waals surface area contributed by atoms with Gasteiger partial charge in [-0.1, -0.05) is 18.2 Å². The maximum absolute atomic E-state index is 13.3. The Morgan fingerprint density at radius 3 is 2.20 bits per heavy atom. The molecule has 1 atom stereocenters. The second-order valence-electron chi connectivity index (χ2n) is 8.60. The number of benzene rings is 2. The van der Waals surface area contributed by atoms with Crippen LogP contribution in [0.2, 0.25) is 0 Å². The Labute approximate surface area is 196 Å². The number of halogens is 6. The fourth-order valence-corrected chi connectivity index (χ4v) is 4.48. The summed E-state index contributed by atoms with van der Waals surface area (Å²) in [4.78, 5) is 31.3. The second-order valence-corrected chi connectivity index (χ2v) is 8.60. The zero-order valence-electron chi connectivity index (χ0n) is 18.7. The minimum absolute atomic E-state index is 0.0441. The fourth-order valence-electron chi connectivity index (χ4n) is 4.48. The lowest BCUT2D eigenvalue weighted by Crippen LogP contribution is -2.52. The molecule has 4 rings (SSSR count). The fraction of sp³-hybridized carbons (Fsp3) is 0.333. The molecule has 186 valence electrons. The maximum atomic E-state index is 13.3. The van der Waals surface area contributed by atoms with Gasteiger partial charge in [-0.15, -0.1) is 0 Å². The number of aromatic nitrogens is 1. The van der Waals surface area contributed by atoms with E-state index in [1.54, 1.807) is 0 Å². The summed E-state index contributed by atoms with van der Waals surface area (Å²) in [5.41, 5.74) is -0.750. The average Bonchev–Trinajstić information content (AvgIpc) is 3.14. The normalized spacial score (nSPS) is 16.3. The molecule has 1 aliphatic heterocycles. The lowest BCUT2D eigenvalue weighted by Gasteiger charge is -2.36. The maximum Gasteiger partial charge on any atom is 0.416 e. The third kappa shape index (κ3) is 4.85. The molecule has 1 aliphatic rings. The number of rotatable bonds is 3. The third-order valence-corrected chi connectivity index (χ3v) is 6.14. The van der Waals surface area contributed by atoms with E-state index in [2.05, 4.69) is 4.98 Å². The van der Waals surface area contributed by atoms with Gasteiger partial charge < -0.3 is 14.8 Å². The standard InChI is InChI=1S/C24H21F6N3O2/c1-13(34)33-12-20-18(17-5-3-4-6-19(17)31-20)10-21(33)22(35)32(2)11-14-7-15(23(25,26)27)9-16(8-14)24(28,29)30/h3-9,21,31H,10-12H2,1-2H3/t21-/m1/s1. The van der Waals surface area contributed by atoms with Crippen molar-refractivity contribution in [3.05, 3.63) is 70.4 Å². The molecule has 0 unspecified atom stereocenters. The van der Waals surface area contributed by atoms with Gasteiger partial charge >= 0.3 is 12.4 Å². The van der Waals surface area contributed by atoms with Gasteiger partial charge in [0.2, 0.25) is 11.8 Å². The summed E-state index contributed by atoms with van der Waals surface area (Å²) in [6, 6.07) is 7.71. The van der Waals surface area contributed by atoms with Gasteiger partial charge in [-0.2, -0.15) is 26.3 Å². The molecular formula is C24H21F6N3O2. The van der Waals surface area contributed by atoms with Crippen molar-refractivity contribution in [3.8, 4) is 0 Å². The third-order valence-electron chi connectivity index (χ3n) is 6.14. The van der Waals surface area contributed by atoms with Gasteiger partial charge in [-0.25, -0.2) is 0 Å². The Kier molecular flexibility index (Phi) is 6.06. The number of hydrogen-bond acceptors (Lipinski definition) is 2. The molecule has 0 radical (unpaired) electrons. The molecule has 5 nitrogen and oxygen atoms in total. The summed E-state index contributed by atoms with van der Waals surface area (Å²) in [7, 11) is 1.29. The van der Waals surface area contributed by atoms with Crippen molar-refractivity contribution in [1.29, 1.82) is 0 Å². The number of nitrogens with zero attached hydrogens (tertiary/aromatic N) is 2. The first-order valence-corrected chi connectivity index (χ1v) is 10.6. The van der Waals surface area contributed by atoms with Gasteiger partial charge in [0.25, 0.3) is 0 Å². The zero-order valence-corrected chi connectivity index (χ0v) is 18.7. The van der Waals surface area contributed by atoms with E-state index >= 15 is 0 Å². The highest BCUT2D eigenvalue weighted by Gasteiger charge is 2.39. The van der Waals surface area contributed by atoms with Crippen LogP contribution in [0, 0.1) is 0 Å². The van der Waals surface area contributed by atoms with E-state index in [0.29, 0.717) is 12.1 Å². The van der Waals surface area contributed by atoms with Crippen LogP contribution in [0.25, 0.3) is 10.9 Å². The predicted octanol–water partition coefficient (Wildman–Crippen LogP) is 5.14. The summed E-state index contributed by atoms with van der Waals surface area (Å²) in [5.74, 6) is -0.957. The van der Waals surface area contributed by atoms with E-state index in [0.717, 1.165) is 27.1 Å². The Hall–Kier alpha value is -3.50. The summed E-state index contributed by atoms with van der Waals surface area (Å²) in [6.45, 7) is 0.941. The Bertz CT molecular complexity index is 1260. The molecular weight excluding hydrogens is 476 g/mol. The number of carbonyl (C=O) groups is 2. The van der Waals surface area contributed by atoms with Crippen molar-refractivity contribution in [2.45, 2.75) is 44.8 Å². The highest BCUT2D eigenvalue weighted by atomic mass is 19.4. The molecule has 2 aromatic carbocycles. The topological polar surface area (TPSA) is 56.4 Å². The van der Waals surface area contributed by atoms with Crippen LogP contribution < -0.4 is 0 Å². The number of fused-ring (bicyclic) bond motifs is 3. The molecule has 0 bridgehead atoms. The Morgan fingerprint density at radius 2 is 1.63 bits per heavy atom. The number of hydrogen-bond donors (Lipinski definition) is 1. The van der Waals surface area contributed by atoms with E-state index < -0.39 is 42.0 Å². The minimum atomic E-state index is -4.99. The average molecular weight is 497 g/mol. The van der Waals surface area contributed by atoms with Crippen molar-refractivity contribution < 1.29 is 35.9 Å². The van der Waals surface area contributed by atoms with Crippen LogP contribution in [-0.2, 0) is 41.5 Å². The molecule has 3 aromatic rings. The first-order chi connectivity index (χ1) is 16.3. The summed E-state index contributed by atoms with van der Waals surface area (Å²) >= 11 is 0. The molecule has 0 saturated heterocycles. The summed E-state index contributed by atoms with van der Waals surface area (Å²) in [6.07, 6.45) is -9.81. The second kappa shape index (κ2) is 8.62. The number of likely N-dealkylation sites (N-methyl/N-ethyl adjacent to an activating group) is 1. The molecule has 0 fully saturated rings. The van der Waals surface area contributed by atoms with Gasteiger partial charge in [0.1, 0.15) is 6.04 Å². The molecule has 1 aromatic heterocycles. The predicted molar refractivity (Wildman–Crippen MR) is 115 cm³/mol. The Balaban J connectivity index is 1.64. The largest absolute Gasteiger partial charge is 0.416 e. The molecule has 11 heteroatoms. The van der Waals surface area contributed by atoms with Crippen molar-refractivity contribution >= 4 is 22.7 Å². The van der Waals surface area contributed by atoms with Gasteiger partial charge in [-0.05, 0) is 35.4 Å². The van der Waals surface area contributed by atoms with Crippen LogP contribution in [-0.4, -0.2) is 39.7 Å². The first kappa shape index (κ1) is 24.6. The summed E-state index contributed by atoms with van der Waals surface area (Å²) in [5, 5.41) is 0.888.